The van der Waals surface area contributed by atoms with Crippen LogP contribution in [0.2, 0.25) is 0 Å². The molecule has 0 saturated heterocycles. The van der Waals surface area contributed by atoms with E-state index >= 15 is 0 Å². The number of aromatic nitrogens is 2. The zero-order chi connectivity index (χ0) is 12.8. The molecular formula is C16H22N2. The topological polar surface area (TPSA) is 28.7 Å². The first-order valence-electron chi connectivity index (χ1n) is 6.92. The van der Waals surface area contributed by atoms with Crippen molar-refractivity contribution in [3.63, 3.8) is 0 Å². The van der Waals surface area contributed by atoms with Crippen LogP contribution in [0.4, 0.5) is 0 Å². The summed E-state index contributed by atoms with van der Waals surface area (Å²) in [5.41, 5.74) is 3.63. The molecule has 2 heteroatoms. The van der Waals surface area contributed by atoms with Crippen molar-refractivity contribution in [3.05, 3.63) is 41.9 Å². The molecule has 2 nitrogen and oxygen atoms in total. The van der Waals surface area contributed by atoms with Gasteiger partial charge in [0.25, 0.3) is 0 Å². The van der Waals surface area contributed by atoms with Gasteiger partial charge in [-0.3, -0.25) is 0 Å². The Hall–Kier alpha value is -1.57. The summed E-state index contributed by atoms with van der Waals surface area (Å²) in [6, 6.07) is 10.4. The van der Waals surface area contributed by atoms with Crippen molar-refractivity contribution in [1.82, 2.24) is 9.97 Å². The maximum atomic E-state index is 4.62. The van der Waals surface area contributed by atoms with Crippen LogP contribution in [-0.4, -0.2) is 9.97 Å². The molecule has 2 aromatic rings. The predicted octanol–water partition coefficient (Wildman–Crippen LogP) is 4.51. The van der Waals surface area contributed by atoms with Crippen LogP contribution in [0.3, 0.4) is 0 Å². The monoisotopic (exact) mass is 242 g/mol. The van der Waals surface area contributed by atoms with Gasteiger partial charge in [-0.15, -0.1) is 0 Å². The molecule has 2 rings (SSSR count). The van der Waals surface area contributed by atoms with E-state index in [-0.39, 0.29) is 0 Å². The van der Waals surface area contributed by atoms with E-state index in [0.717, 1.165) is 17.9 Å². The van der Waals surface area contributed by atoms with Crippen LogP contribution < -0.4 is 0 Å². The van der Waals surface area contributed by atoms with E-state index in [2.05, 4.69) is 41.2 Å². The summed E-state index contributed by atoms with van der Waals surface area (Å²) in [6.07, 6.45) is 6.27. The van der Waals surface area contributed by atoms with Crippen LogP contribution in [0.15, 0.2) is 30.3 Å². The van der Waals surface area contributed by atoms with E-state index in [0.29, 0.717) is 0 Å². The summed E-state index contributed by atoms with van der Waals surface area (Å²) in [7, 11) is 0. The number of hydrogen-bond acceptors (Lipinski definition) is 1. The van der Waals surface area contributed by atoms with Gasteiger partial charge in [-0.05, 0) is 19.8 Å². The average Bonchev–Trinajstić information content (AvgIpc) is 2.77. The van der Waals surface area contributed by atoms with E-state index in [1.54, 1.807) is 0 Å². The van der Waals surface area contributed by atoms with Crippen molar-refractivity contribution in [3.8, 4) is 11.3 Å². The third-order valence-electron chi connectivity index (χ3n) is 3.22. The Morgan fingerprint density at radius 2 is 1.83 bits per heavy atom. The molecule has 0 aliphatic heterocycles. The summed E-state index contributed by atoms with van der Waals surface area (Å²) in [5, 5.41) is 0. The van der Waals surface area contributed by atoms with Gasteiger partial charge in [-0.1, -0.05) is 56.5 Å². The highest BCUT2D eigenvalue weighted by molar-refractivity contribution is 5.61. The lowest BCUT2D eigenvalue weighted by molar-refractivity contribution is 0.662. The minimum absolute atomic E-state index is 1.01. The van der Waals surface area contributed by atoms with Crippen LogP contribution in [-0.2, 0) is 6.42 Å². The first-order valence-corrected chi connectivity index (χ1v) is 6.92. The number of nitrogens with one attached hydrogen (secondary N) is 1. The fourth-order valence-corrected chi connectivity index (χ4v) is 2.28. The lowest BCUT2D eigenvalue weighted by Crippen LogP contribution is -1.90. The van der Waals surface area contributed by atoms with Gasteiger partial charge in [0.15, 0.2) is 0 Å². The minimum Gasteiger partial charge on any atom is -0.346 e. The molecule has 0 unspecified atom stereocenters. The Kier molecular flexibility index (Phi) is 4.57. The Morgan fingerprint density at radius 1 is 1.06 bits per heavy atom. The second-order valence-corrected chi connectivity index (χ2v) is 4.83. The molecule has 0 amide bonds. The molecule has 1 aromatic carbocycles. The normalized spacial score (nSPS) is 10.8. The third kappa shape index (κ3) is 3.22. The Bertz CT molecular complexity index is 471. The van der Waals surface area contributed by atoms with Crippen molar-refractivity contribution < 1.29 is 0 Å². The van der Waals surface area contributed by atoms with Crippen molar-refractivity contribution in [2.45, 2.75) is 46.0 Å². The van der Waals surface area contributed by atoms with E-state index < -0.39 is 0 Å². The zero-order valence-electron chi connectivity index (χ0n) is 11.4. The van der Waals surface area contributed by atoms with Crippen LogP contribution in [0.25, 0.3) is 11.3 Å². The highest BCUT2D eigenvalue weighted by atomic mass is 14.9. The summed E-state index contributed by atoms with van der Waals surface area (Å²) < 4.78 is 0. The highest BCUT2D eigenvalue weighted by Gasteiger charge is 2.09. The van der Waals surface area contributed by atoms with Crippen LogP contribution in [0.1, 0.15) is 44.1 Å². The number of hydrogen-bond donors (Lipinski definition) is 1. The average molecular weight is 242 g/mol. The summed E-state index contributed by atoms with van der Waals surface area (Å²) in [5.74, 6) is 1.01. The van der Waals surface area contributed by atoms with Crippen molar-refractivity contribution >= 4 is 0 Å². The predicted molar refractivity (Wildman–Crippen MR) is 76.6 cm³/mol. The fourth-order valence-electron chi connectivity index (χ4n) is 2.28. The van der Waals surface area contributed by atoms with Crippen molar-refractivity contribution in [2.24, 2.45) is 0 Å². The summed E-state index contributed by atoms with van der Waals surface area (Å²) in [4.78, 5) is 8.03. The summed E-state index contributed by atoms with van der Waals surface area (Å²) >= 11 is 0. The Morgan fingerprint density at radius 3 is 2.56 bits per heavy atom. The first-order chi connectivity index (χ1) is 8.81. The molecule has 1 heterocycles. The summed E-state index contributed by atoms with van der Waals surface area (Å²) in [6.45, 7) is 4.28. The fraction of sp³-hybridized carbons (Fsp3) is 0.438. The second kappa shape index (κ2) is 6.39. The zero-order valence-corrected chi connectivity index (χ0v) is 11.4. The van der Waals surface area contributed by atoms with E-state index in [1.165, 1.54) is 36.9 Å². The molecule has 18 heavy (non-hydrogen) atoms. The van der Waals surface area contributed by atoms with Gasteiger partial charge in [0.05, 0.1) is 5.69 Å². The SMILES string of the molecule is CCCCCCc1[nH]c(C)nc1-c1ccccc1. The molecule has 0 saturated carbocycles. The lowest BCUT2D eigenvalue weighted by atomic mass is 10.1. The molecule has 1 N–H and O–H groups in total. The van der Waals surface area contributed by atoms with E-state index in [4.69, 9.17) is 0 Å². The lowest BCUT2D eigenvalue weighted by Gasteiger charge is -2.02. The van der Waals surface area contributed by atoms with E-state index in [9.17, 15) is 0 Å². The highest BCUT2D eigenvalue weighted by Crippen LogP contribution is 2.22. The van der Waals surface area contributed by atoms with Gasteiger partial charge in [-0.25, -0.2) is 4.98 Å². The largest absolute Gasteiger partial charge is 0.346 e. The molecule has 0 atom stereocenters. The molecule has 0 aliphatic rings. The van der Waals surface area contributed by atoms with Gasteiger partial charge in [0, 0.05) is 11.3 Å². The molecule has 0 fully saturated rings. The number of H-pyrrole nitrogens is 1. The second-order valence-electron chi connectivity index (χ2n) is 4.83. The Labute approximate surface area is 109 Å². The number of nitrogens with zero attached hydrogens (tertiary/aromatic N) is 1. The molecular weight excluding hydrogens is 220 g/mol. The van der Waals surface area contributed by atoms with Crippen molar-refractivity contribution in [1.29, 1.82) is 0 Å². The molecule has 1 aromatic heterocycles. The number of unbranched alkanes of at least 4 members (excludes halogenated alkanes) is 3. The van der Waals surface area contributed by atoms with Gasteiger partial charge in [-0.2, -0.15) is 0 Å². The third-order valence-corrected chi connectivity index (χ3v) is 3.22. The van der Waals surface area contributed by atoms with Crippen LogP contribution in [0.5, 0.6) is 0 Å². The number of aryl methyl sites for hydroxylation is 2. The quantitative estimate of drug-likeness (QED) is 0.742. The van der Waals surface area contributed by atoms with Gasteiger partial charge in [0.2, 0.25) is 0 Å². The van der Waals surface area contributed by atoms with E-state index in [1.807, 2.05) is 13.0 Å². The Balaban J connectivity index is 2.11. The first kappa shape index (κ1) is 12.9. The number of benzene rings is 1. The van der Waals surface area contributed by atoms with Gasteiger partial charge < -0.3 is 4.98 Å². The van der Waals surface area contributed by atoms with Gasteiger partial charge in [0.1, 0.15) is 5.82 Å². The molecule has 0 radical (unpaired) electrons. The van der Waals surface area contributed by atoms with Crippen molar-refractivity contribution in [2.75, 3.05) is 0 Å². The molecule has 0 spiro atoms. The number of imidazole rings is 1. The number of aromatic amines is 1. The number of rotatable bonds is 6. The molecule has 96 valence electrons. The standard InChI is InChI=1S/C16H22N2/c1-3-4-5-9-12-15-16(18-13(2)17-15)14-10-7-6-8-11-14/h6-8,10-11H,3-5,9,12H2,1-2H3,(H,17,18). The van der Waals surface area contributed by atoms with Crippen LogP contribution >= 0.6 is 0 Å². The van der Waals surface area contributed by atoms with Crippen LogP contribution in [0, 0.1) is 6.92 Å². The maximum absolute atomic E-state index is 4.62. The van der Waals surface area contributed by atoms with Gasteiger partial charge >= 0.3 is 0 Å². The maximum Gasteiger partial charge on any atom is 0.103 e. The molecule has 0 aliphatic carbocycles. The smallest absolute Gasteiger partial charge is 0.103 e. The molecule has 0 bridgehead atoms. The minimum atomic E-state index is 1.01.